The summed E-state index contributed by atoms with van der Waals surface area (Å²) in [4.78, 5) is 0. The molecule has 0 saturated heterocycles. The molecule has 0 heterocycles. The highest BCUT2D eigenvalue weighted by Crippen LogP contribution is 2.60. The summed E-state index contributed by atoms with van der Waals surface area (Å²) in [5.74, 6) is 1.53. The quantitative estimate of drug-likeness (QED) is 0.471. The van der Waals surface area contributed by atoms with Crippen LogP contribution in [0.4, 0.5) is 0 Å². The highest BCUT2D eigenvalue weighted by atomic mass is 16.3. The Balaban J connectivity index is 1.70. The van der Waals surface area contributed by atoms with Gasteiger partial charge in [-0.1, -0.05) is 43.7 Å². The Bertz CT molecular complexity index is 706. The second-order valence-electron chi connectivity index (χ2n) is 11.3. The average Bonchev–Trinajstić information content (AvgIpc) is 3.05. The second kappa shape index (κ2) is 9.91. The molecule has 3 aliphatic carbocycles. The molecule has 0 bridgehead atoms. The van der Waals surface area contributed by atoms with Gasteiger partial charge in [-0.2, -0.15) is 0 Å². The summed E-state index contributed by atoms with van der Waals surface area (Å²) in [6.45, 7) is 10.2. The summed E-state index contributed by atoms with van der Waals surface area (Å²) in [5, 5.41) is 40.0. The largest absolute Gasteiger partial charge is 0.393 e. The monoisotopic (exact) mass is 432 g/mol. The number of rotatable bonds is 7. The van der Waals surface area contributed by atoms with Gasteiger partial charge in [-0.15, -0.1) is 0 Å². The van der Waals surface area contributed by atoms with Crippen LogP contribution in [0.5, 0.6) is 0 Å². The molecule has 176 valence electrons. The lowest BCUT2D eigenvalue weighted by Crippen LogP contribution is -2.38. The van der Waals surface area contributed by atoms with Gasteiger partial charge in [0.15, 0.2) is 0 Å². The van der Waals surface area contributed by atoms with E-state index in [4.69, 9.17) is 0 Å². The first-order valence-electron chi connectivity index (χ1n) is 12.3. The van der Waals surface area contributed by atoms with Crippen molar-refractivity contribution in [3.8, 4) is 0 Å². The molecule has 4 heteroatoms. The average molecular weight is 433 g/mol. The van der Waals surface area contributed by atoms with Crippen molar-refractivity contribution >= 4 is 0 Å². The standard InChI is InChI=1S/C27H44O4/c1-18-7-10-22(29)15-21(18)9-8-20-6-5-13-27(4)24(11-12-25(20)27)19(2)14-23(30)16-26(3,31)17-28/h8-9,19,22-25,28-31H,1,5-7,10-17H2,2-4H3/b20-8+,21-9-/t19-,22+,23+,24+,25-,26-,27+/m1/s1. The zero-order valence-corrected chi connectivity index (χ0v) is 19.8. The normalized spacial score (nSPS) is 38.2. The number of hydrogen-bond acceptors (Lipinski definition) is 4. The Morgan fingerprint density at radius 2 is 1.97 bits per heavy atom. The summed E-state index contributed by atoms with van der Waals surface area (Å²) < 4.78 is 0. The number of hydrogen-bond donors (Lipinski definition) is 4. The Hall–Kier alpha value is -0.940. The molecule has 4 N–H and O–H groups in total. The molecule has 0 aliphatic heterocycles. The van der Waals surface area contributed by atoms with E-state index in [9.17, 15) is 20.4 Å². The maximum atomic E-state index is 10.5. The highest BCUT2D eigenvalue weighted by Gasteiger charge is 2.50. The van der Waals surface area contributed by atoms with E-state index in [-0.39, 0.29) is 24.5 Å². The fourth-order valence-electron chi connectivity index (χ4n) is 6.86. The minimum absolute atomic E-state index is 0.217. The molecule has 4 nitrogen and oxygen atoms in total. The molecule has 3 aliphatic rings. The van der Waals surface area contributed by atoms with Gasteiger partial charge >= 0.3 is 0 Å². The van der Waals surface area contributed by atoms with Gasteiger partial charge in [-0.05, 0) is 93.5 Å². The van der Waals surface area contributed by atoms with Crippen molar-refractivity contribution in [2.24, 2.45) is 23.2 Å². The van der Waals surface area contributed by atoms with Gasteiger partial charge in [0.2, 0.25) is 0 Å². The van der Waals surface area contributed by atoms with Crippen molar-refractivity contribution in [3.63, 3.8) is 0 Å². The molecule has 0 spiro atoms. The van der Waals surface area contributed by atoms with E-state index in [2.05, 4.69) is 32.6 Å². The lowest BCUT2D eigenvalue weighted by Gasteiger charge is -2.44. The lowest BCUT2D eigenvalue weighted by molar-refractivity contribution is -0.0439. The van der Waals surface area contributed by atoms with Crippen LogP contribution in [0.3, 0.4) is 0 Å². The van der Waals surface area contributed by atoms with Gasteiger partial charge in [0.05, 0.1) is 24.4 Å². The summed E-state index contributed by atoms with van der Waals surface area (Å²) >= 11 is 0. The first-order valence-corrected chi connectivity index (χ1v) is 12.3. The van der Waals surface area contributed by atoms with Crippen LogP contribution < -0.4 is 0 Å². The molecule has 0 radical (unpaired) electrons. The molecule has 3 saturated carbocycles. The molecule has 0 aromatic carbocycles. The van der Waals surface area contributed by atoms with Crippen LogP contribution in [0.15, 0.2) is 35.5 Å². The van der Waals surface area contributed by atoms with Crippen molar-refractivity contribution in [1.29, 1.82) is 0 Å². The summed E-state index contributed by atoms with van der Waals surface area (Å²) in [5.41, 5.74) is 2.97. The van der Waals surface area contributed by atoms with Crippen molar-refractivity contribution in [1.82, 2.24) is 0 Å². The fourth-order valence-corrected chi connectivity index (χ4v) is 6.86. The van der Waals surface area contributed by atoms with Crippen LogP contribution >= 0.6 is 0 Å². The third-order valence-corrected chi connectivity index (χ3v) is 8.57. The third kappa shape index (κ3) is 5.71. The van der Waals surface area contributed by atoms with E-state index < -0.39 is 11.7 Å². The van der Waals surface area contributed by atoms with Crippen LogP contribution in [0.1, 0.15) is 85.0 Å². The Kier molecular flexibility index (Phi) is 7.89. The van der Waals surface area contributed by atoms with E-state index in [1.54, 1.807) is 12.5 Å². The van der Waals surface area contributed by atoms with Gasteiger partial charge < -0.3 is 20.4 Å². The number of fused-ring (bicyclic) bond motifs is 1. The second-order valence-corrected chi connectivity index (χ2v) is 11.3. The Labute approximate surface area is 188 Å². The molecule has 7 atom stereocenters. The SMILES string of the molecule is C=C1CC[C@H](O)C/C1=C/C=C1\CCC[C@]2(C)[C@@H]1CC[C@H]2[C@H](C)C[C@H](O)C[C@@](C)(O)CO. The zero-order chi connectivity index (χ0) is 22.8. The molecule has 31 heavy (non-hydrogen) atoms. The molecular formula is C27H44O4. The molecular weight excluding hydrogens is 388 g/mol. The van der Waals surface area contributed by atoms with E-state index in [0.29, 0.717) is 24.2 Å². The number of aliphatic hydroxyl groups is 4. The van der Waals surface area contributed by atoms with Gasteiger partial charge in [-0.25, -0.2) is 0 Å². The van der Waals surface area contributed by atoms with Crippen LogP contribution in [-0.2, 0) is 0 Å². The van der Waals surface area contributed by atoms with Crippen LogP contribution in [0.25, 0.3) is 0 Å². The van der Waals surface area contributed by atoms with Crippen molar-refractivity contribution in [2.75, 3.05) is 6.61 Å². The molecule has 3 fully saturated rings. The van der Waals surface area contributed by atoms with E-state index in [1.165, 1.54) is 36.8 Å². The van der Waals surface area contributed by atoms with Crippen LogP contribution in [0, 0.1) is 23.2 Å². The summed E-state index contributed by atoms with van der Waals surface area (Å²) in [6.07, 6.45) is 13.0. The fraction of sp³-hybridized carbons (Fsp3) is 0.778. The van der Waals surface area contributed by atoms with Crippen molar-refractivity contribution in [3.05, 3.63) is 35.5 Å². The zero-order valence-electron chi connectivity index (χ0n) is 19.8. The van der Waals surface area contributed by atoms with E-state index in [0.717, 1.165) is 25.7 Å². The predicted molar refractivity (Wildman–Crippen MR) is 125 cm³/mol. The number of allylic oxidation sites excluding steroid dienone is 4. The summed E-state index contributed by atoms with van der Waals surface area (Å²) in [7, 11) is 0. The lowest BCUT2D eigenvalue weighted by atomic mass is 9.60. The topological polar surface area (TPSA) is 80.9 Å². The maximum absolute atomic E-state index is 10.5. The third-order valence-electron chi connectivity index (χ3n) is 8.57. The summed E-state index contributed by atoms with van der Waals surface area (Å²) in [6, 6.07) is 0. The minimum atomic E-state index is -1.22. The van der Waals surface area contributed by atoms with Crippen molar-refractivity contribution in [2.45, 2.75) is 103 Å². The Morgan fingerprint density at radius 1 is 1.23 bits per heavy atom. The van der Waals surface area contributed by atoms with E-state index in [1.807, 2.05) is 0 Å². The maximum Gasteiger partial charge on any atom is 0.0874 e. The minimum Gasteiger partial charge on any atom is -0.393 e. The van der Waals surface area contributed by atoms with Crippen LogP contribution in [0.2, 0.25) is 0 Å². The van der Waals surface area contributed by atoms with Gasteiger partial charge in [0, 0.05) is 6.42 Å². The molecule has 0 aromatic rings. The first kappa shape index (κ1) is 24.7. The smallest absolute Gasteiger partial charge is 0.0874 e. The van der Waals surface area contributed by atoms with Gasteiger partial charge in [-0.3, -0.25) is 0 Å². The van der Waals surface area contributed by atoms with Gasteiger partial charge in [0.1, 0.15) is 0 Å². The first-order chi connectivity index (χ1) is 14.6. The predicted octanol–water partition coefficient (Wildman–Crippen LogP) is 4.68. The van der Waals surface area contributed by atoms with Crippen molar-refractivity contribution < 1.29 is 20.4 Å². The number of aliphatic hydroxyl groups excluding tert-OH is 3. The molecule has 0 aromatic heterocycles. The molecule has 0 unspecified atom stereocenters. The Morgan fingerprint density at radius 3 is 2.68 bits per heavy atom. The van der Waals surface area contributed by atoms with Crippen LogP contribution in [-0.4, -0.2) is 44.8 Å². The highest BCUT2D eigenvalue weighted by molar-refractivity contribution is 5.36. The molecule has 3 rings (SSSR count). The van der Waals surface area contributed by atoms with E-state index >= 15 is 0 Å². The van der Waals surface area contributed by atoms with Gasteiger partial charge in [0.25, 0.3) is 0 Å². The molecule has 0 amide bonds.